The summed E-state index contributed by atoms with van der Waals surface area (Å²) < 4.78 is 1.62. The summed E-state index contributed by atoms with van der Waals surface area (Å²) in [7, 11) is 1.79. The summed E-state index contributed by atoms with van der Waals surface area (Å²) in [5.41, 5.74) is 3.44. The van der Waals surface area contributed by atoms with E-state index in [1.165, 1.54) is 17.5 Å². The molecule has 3 N–H and O–H groups in total. The Morgan fingerprint density at radius 3 is 2.88 bits per heavy atom. The van der Waals surface area contributed by atoms with Crippen LogP contribution in [0.2, 0.25) is 0 Å². The molecule has 1 heterocycles. The molecular formula is C18H24N4O2. The van der Waals surface area contributed by atoms with Crippen LogP contribution in [0.4, 0.5) is 4.79 Å². The lowest BCUT2D eigenvalue weighted by atomic mass is 10.00. The molecule has 2 aromatic rings. The van der Waals surface area contributed by atoms with E-state index in [1.54, 1.807) is 31.0 Å². The van der Waals surface area contributed by atoms with Crippen LogP contribution < -0.4 is 10.6 Å². The van der Waals surface area contributed by atoms with Gasteiger partial charge >= 0.3 is 6.03 Å². The first-order valence-corrected chi connectivity index (χ1v) is 8.28. The topological polar surface area (TPSA) is 79.2 Å². The van der Waals surface area contributed by atoms with Gasteiger partial charge in [0.1, 0.15) is 5.60 Å². The normalized spacial score (nSPS) is 15.6. The molecule has 0 unspecified atom stereocenters. The van der Waals surface area contributed by atoms with Crippen molar-refractivity contribution in [2.45, 2.75) is 38.3 Å². The van der Waals surface area contributed by atoms with Gasteiger partial charge < -0.3 is 15.7 Å². The average Bonchev–Trinajstić information content (AvgIpc) is 3.19. The number of hydrogen-bond acceptors (Lipinski definition) is 3. The minimum absolute atomic E-state index is 0.120. The molecule has 1 aliphatic rings. The summed E-state index contributed by atoms with van der Waals surface area (Å²) in [5.74, 6) is 0. The second-order valence-corrected chi connectivity index (χ2v) is 6.67. The van der Waals surface area contributed by atoms with Crippen LogP contribution in [0.15, 0.2) is 30.6 Å². The molecule has 6 heteroatoms. The molecule has 0 bridgehead atoms. The lowest BCUT2D eigenvalue weighted by Gasteiger charge is -2.22. The summed E-state index contributed by atoms with van der Waals surface area (Å²) >= 11 is 0. The third-order valence-electron chi connectivity index (χ3n) is 4.54. The van der Waals surface area contributed by atoms with Crippen LogP contribution in [0, 0.1) is 0 Å². The molecule has 0 fully saturated rings. The number of amides is 2. The Kier molecular flexibility index (Phi) is 4.57. The van der Waals surface area contributed by atoms with Gasteiger partial charge in [-0.25, -0.2) is 4.79 Å². The number of aryl methyl sites for hydroxylation is 3. The second kappa shape index (κ2) is 6.65. The maximum Gasteiger partial charge on any atom is 0.315 e. The Morgan fingerprint density at radius 2 is 2.12 bits per heavy atom. The smallest absolute Gasteiger partial charge is 0.315 e. The van der Waals surface area contributed by atoms with Gasteiger partial charge in [0.25, 0.3) is 0 Å². The molecule has 0 radical (unpaired) electrons. The highest BCUT2D eigenvalue weighted by atomic mass is 16.3. The predicted octanol–water partition coefficient (Wildman–Crippen LogP) is 1.62. The molecule has 0 aliphatic heterocycles. The molecule has 1 aliphatic carbocycles. The summed E-state index contributed by atoms with van der Waals surface area (Å²) in [5, 5.41) is 20.0. The van der Waals surface area contributed by atoms with E-state index in [0.717, 1.165) is 18.4 Å². The van der Waals surface area contributed by atoms with Crippen molar-refractivity contribution in [2.24, 2.45) is 7.05 Å². The third-order valence-corrected chi connectivity index (χ3v) is 4.54. The van der Waals surface area contributed by atoms with E-state index < -0.39 is 5.60 Å². The number of carbonyl (C=O) groups excluding carboxylic acids is 1. The standard InChI is InChI=1S/C18H24N4O2/c1-18(24,16-10-21-22(2)11-16)12-20-17(23)19-9-13-6-7-14-4-3-5-15(14)8-13/h6-8,10-11,24H,3-5,9,12H2,1-2H3,(H2,19,20,23)/t18-/m1/s1. The van der Waals surface area contributed by atoms with Gasteiger partial charge in [-0.1, -0.05) is 18.2 Å². The molecule has 128 valence electrons. The molecule has 1 atom stereocenters. The van der Waals surface area contributed by atoms with Crippen LogP contribution in [0.3, 0.4) is 0 Å². The molecule has 1 aromatic carbocycles. The lowest BCUT2D eigenvalue weighted by Crippen LogP contribution is -2.43. The number of nitrogens with one attached hydrogen (secondary N) is 2. The summed E-state index contributed by atoms with van der Waals surface area (Å²) in [6.07, 6.45) is 6.85. The SMILES string of the molecule is Cn1cc([C@](C)(O)CNC(=O)NCc2ccc3c(c2)CCC3)cn1. The molecule has 24 heavy (non-hydrogen) atoms. The number of aliphatic hydroxyl groups is 1. The monoisotopic (exact) mass is 328 g/mol. The molecule has 0 saturated heterocycles. The largest absolute Gasteiger partial charge is 0.383 e. The number of urea groups is 1. The van der Waals surface area contributed by atoms with Crippen molar-refractivity contribution < 1.29 is 9.90 Å². The zero-order valence-corrected chi connectivity index (χ0v) is 14.2. The fourth-order valence-corrected chi connectivity index (χ4v) is 3.03. The number of fused-ring (bicyclic) bond motifs is 1. The van der Waals surface area contributed by atoms with Crippen LogP contribution in [0.5, 0.6) is 0 Å². The summed E-state index contributed by atoms with van der Waals surface area (Å²) in [6, 6.07) is 6.11. The molecule has 1 aromatic heterocycles. The highest BCUT2D eigenvalue weighted by Gasteiger charge is 2.25. The van der Waals surface area contributed by atoms with Gasteiger partial charge in [0.2, 0.25) is 0 Å². The number of nitrogens with zero attached hydrogens (tertiary/aromatic N) is 2. The molecule has 0 spiro atoms. The van der Waals surface area contributed by atoms with E-state index in [2.05, 4.69) is 33.9 Å². The Bertz CT molecular complexity index is 736. The van der Waals surface area contributed by atoms with Gasteiger partial charge in [0.15, 0.2) is 0 Å². The van der Waals surface area contributed by atoms with Crippen LogP contribution in [-0.4, -0.2) is 27.5 Å². The van der Waals surface area contributed by atoms with Gasteiger partial charge in [-0.3, -0.25) is 4.68 Å². The number of carbonyl (C=O) groups is 1. The van der Waals surface area contributed by atoms with Crippen molar-refractivity contribution >= 4 is 6.03 Å². The molecule has 0 saturated carbocycles. The fourth-order valence-electron chi connectivity index (χ4n) is 3.03. The first-order valence-electron chi connectivity index (χ1n) is 8.28. The van der Waals surface area contributed by atoms with Crippen LogP contribution in [0.1, 0.15) is 35.6 Å². The molecular weight excluding hydrogens is 304 g/mol. The zero-order valence-electron chi connectivity index (χ0n) is 14.2. The van der Waals surface area contributed by atoms with Gasteiger partial charge in [-0.15, -0.1) is 0 Å². The molecule has 2 amide bonds. The van der Waals surface area contributed by atoms with Crippen molar-refractivity contribution in [1.82, 2.24) is 20.4 Å². The van der Waals surface area contributed by atoms with Gasteiger partial charge in [-0.05, 0) is 42.9 Å². The Morgan fingerprint density at radius 1 is 1.33 bits per heavy atom. The van der Waals surface area contributed by atoms with Gasteiger partial charge in [-0.2, -0.15) is 5.10 Å². The first kappa shape index (κ1) is 16.5. The Balaban J connectivity index is 1.49. The molecule has 6 nitrogen and oxygen atoms in total. The highest BCUT2D eigenvalue weighted by molar-refractivity contribution is 5.73. The van der Waals surface area contributed by atoms with E-state index in [4.69, 9.17) is 0 Å². The number of hydrogen-bond donors (Lipinski definition) is 3. The van der Waals surface area contributed by atoms with E-state index in [0.29, 0.717) is 12.1 Å². The highest BCUT2D eigenvalue weighted by Crippen LogP contribution is 2.22. The quantitative estimate of drug-likeness (QED) is 0.780. The minimum Gasteiger partial charge on any atom is -0.383 e. The molecule has 3 rings (SSSR count). The number of rotatable bonds is 5. The summed E-state index contributed by atoms with van der Waals surface area (Å²) in [4.78, 5) is 12.0. The maximum absolute atomic E-state index is 12.0. The fraction of sp³-hybridized carbons (Fsp3) is 0.444. The Hall–Kier alpha value is -2.34. The second-order valence-electron chi connectivity index (χ2n) is 6.67. The van der Waals surface area contributed by atoms with Crippen LogP contribution in [0.25, 0.3) is 0 Å². The summed E-state index contributed by atoms with van der Waals surface area (Å²) in [6.45, 7) is 2.26. The van der Waals surface area contributed by atoms with Crippen molar-refractivity contribution in [3.05, 3.63) is 52.8 Å². The van der Waals surface area contributed by atoms with E-state index >= 15 is 0 Å². The average molecular weight is 328 g/mol. The van der Waals surface area contributed by atoms with Crippen LogP contribution in [-0.2, 0) is 32.0 Å². The minimum atomic E-state index is -1.15. The van der Waals surface area contributed by atoms with Crippen LogP contribution >= 0.6 is 0 Å². The maximum atomic E-state index is 12.0. The van der Waals surface area contributed by atoms with Gasteiger partial charge in [0, 0.05) is 25.4 Å². The van der Waals surface area contributed by atoms with Crippen molar-refractivity contribution in [1.29, 1.82) is 0 Å². The zero-order chi connectivity index (χ0) is 17.2. The number of aromatic nitrogens is 2. The van der Waals surface area contributed by atoms with Crippen molar-refractivity contribution in [2.75, 3.05) is 6.54 Å². The van der Waals surface area contributed by atoms with E-state index in [-0.39, 0.29) is 12.6 Å². The number of benzene rings is 1. The predicted molar refractivity (Wildman–Crippen MR) is 91.5 cm³/mol. The van der Waals surface area contributed by atoms with Crippen molar-refractivity contribution in [3.63, 3.8) is 0 Å². The van der Waals surface area contributed by atoms with E-state index in [9.17, 15) is 9.90 Å². The lowest BCUT2D eigenvalue weighted by molar-refractivity contribution is 0.0593. The third kappa shape index (κ3) is 3.76. The first-order chi connectivity index (χ1) is 11.4. The Labute approximate surface area is 141 Å². The van der Waals surface area contributed by atoms with Crippen molar-refractivity contribution in [3.8, 4) is 0 Å². The van der Waals surface area contributed by atoms with E-state index in [1.807, 2.05) is 0 Å². The van der Waals surface area contributed by atoms with Gasteiger partial charge in [0.05, 0.1) is 12.7 Å².